The Balaban J connectivity index is 1.94. The maximum Gasteiger partial charge on any atom is 0.148 e. The number of hydrogen-bond donors (Lipinski definition) is 1. The molecule has 2 aromatic rings. The van der Waals surface area contributed by atoms with Crippen molar-refractivity contribution in [2.24, 2.45) is 0 Å². The first-order valence-electron chi connectivity index (χ1n) is 7.04. The van der Waals surface area contributed by atoms with Crippen LogP contribution in [-0.4, -0.2) is 19.6 Å². The average molecular weight is 261 g/mol. The molecule has 0 radical (unpaired) electrons. The molecule has 2 heterocycles. The molecular weight excluding hydrogens is 238 g/mol. The highest BCUT2D eigenvalue weighted by atomic mass is 15.3. The summed E-state index contributed by atoms with van der Waals surface area (Å²) in [7, 11) is 0. The maximum atomic E-state index is 4.53. The lowest BCUT2D eigenvalue weighted by molar-refractivity contribution is 0.479. The van der Waals surface area contributed by atoms with E-state index in [9.17, 15) is 0 Å². The third kappa shape index (κ3) is 3.36. The molecule has 5 nitrogen and oxygen atoms in total. The van der Waals surface area contributed by atoms with Crippen LogP contribution >= 0.6 is 0 Å². The van der Waals surface area contributed by atoms with Gasteiger partial charge in [-0.2, -0.15) is 10.2 Å². The van der Waals surface area contributed by atoms with Gasteiger partial charge in [0.05, 0.1) is 12.2 Å². The predicted molar refractivity (Wildman–Crippen MR) is 77.1 cm³/mol. The van der Waals surface area contributed by atoms with Crippen molar-refractivity contribution >= 4 is 5.82 Å². The zero-order chi connectivity index (χ0) is 13.7. The van der Waals surface area contributed by atoms with E-state index < -0.39 is 0 Å². The molecular formula is C14H23N5. The Morgan fingerprint density at radius 2 is 2.16 bits per heavy atom. The summed E-state index contributed by atoms with van der Waals surface area (Å²) in [5.74, 6) is 0.921. The summed E-state index contributed by atoms with van der Waals surface area (Å²) in [4.78, 5) is 0. The molecule has 0 aromatic carbocycles. The van der Waals surface area contributed by atoms with Gasteiger partial charge in [0.15, 0.2) is 0 Å². The average Bonchev–Trinajstić information content (AvgIpc) is 3.05. The number of nitrogens with zero attached hydrogens (tertiary/aromatic N) is 4. The fraction of sp³-hybridized carbons (Fsp3) is 0.571. The SMILES string of the molecule is CCCn1nccc1CNc1ccn([C@H](C)CC)n1. The van der Waals surface area contributed by atoms with Crippen molar-refractivity contribution in [2.75, 3.05) is 5.32 Å². The van der Waals surface area contributed by atoms with Crippen molar-refractivity contribution in [3.05, 3.63) is 30.2 Å². The third-order valence-electron chi connectivity index (χ3n) is 3.34. The standard InChI is InChI=1S/C14H23N5/c1-4-9-19-13(6-8-16-19)11-15-14-7-10-18(17-14)12(3)5-2/h6-8,10,12H,4-5,9,11H2,1-3H3,(H,15,17)/t12-/m1/s1. The van der Waals surface area contributed by atoms with Crippen LogP contribution in [0.3, 0.4) is 0 Å². The Bertz CT molecular complexity index is 499. The van der Waals surface area contributed by atoms with E-state index in [1.807, 2.05) is 33.9 Å². The number of nitrogens with one attached hydrogen (secondary N) is 1. The first-order chi connectivity index (χ1) is 9.24. The van der Waals surface area contributed by atoms with Crippen LogP contribution in [0.15, 0.2) is 24.5 Å². The Labute approximate surface area is 114 Å². The van der Waals surface area contributed by atoms with Crippen molar-refractivity contribution in [2.45, 2.75) is 52.7 Å². The molecule has 0 spiro atoms. The summed E-state index contributed by atoms with van der Waals surface area (Å²) in [6.07, 6.45) is 6.06. The molecule has 1 N–H and O–H groups in total. The summed E-state index contributed by atoms with van der Waals surface area (Å²) in [6.45, 7) is 8.23. The molecule has 0 aliphatic heterocycles. The molecule has 0 fully saturated rings. The van der Waals surface area contributed by atoms with Gasteiger partial charge in [0.2, 0.25) is 0 Å². The molecule has 0 unspecified atom stereocenters. The number of aromatic nitrogens is 4. The van der Waals surface area contributed by atoms with E-state index in [0.717, 1.165) is 31.7 Å². The van der Waals surface area contributed by atoms with Gasteiger partial charge in [-0.25, -0.2) is 0 Å². The van der Waals surface area contributed by atoms with Gasteiger partial charge in [0, 0.05) is 31.0 Å². The fourth-order valence-corrected chi connectivity index (χ4v) is 1.97. The van der Waals surface area contributed by atoms with Crippen molar-refractivity contribution in [1.29, 1.82) is 0 Å². The minimum Gasteiger partial charge on any atom is -0.363 e. The quantitative estimate of drug-likeness (QED) is 0.833. The van der Waals surface area contributed by atoms with Gasteiger partial charge in [-0.3, -0.25) is 9.36 Å². The zero-order valence-corrected chi connectivity index (χ0v) is 12.0. The minimum atomic E-state index is 0.446. The topological polar surface area (TPSA) is 47.7 Å². The van der Waals surface area contributed by atoms with Crippen molar-refractivity contribution < 1.29 is 0 Å². The molecule has 5 heteroatoms. The second-order valence-electron chi connectivity index (χ2n) is 4.84. The summed E-state index contributed by atoms with van der Waals surface area (Å²) < 4.78 is 4.05. The molecule has 0 amide bonds. The Kier molecular flexibility index (Phi) is 4.60. The summed E-state index contributed by atoms with van der Waals surface area (Å²) >= 11 is 0. The molecule has 0 saturated carbocycles. The lowest BCUT2D eigenvalue weighted by atomic mass is 10.3. The van der Waals surface area contributed by atoms with E-state index >= 15 is 0 Å². The van der Waals surface area contributed by atoms with Crippen LogP contribution < -0.4 is 5.32 Å². The van der Waals surface area contributed by atoms with Gasteiger partial charge in [0.1, 0.15) is 5.82 Å². The van der Waals surface area contributed by atoms with Gasteiger partial charge < -0.3 is 5.32 Å². The van der Waals surface area contributed by atoms with Gasteiger partial charge in [-0.15, -0.1) is 0 Å². The number of hydrogen-bond acceptors (Lipinski definition) is 3. The van der Waals surface area contributed by atoms with Crippen LogP contribution in [0.2, 0.25) is 0 Å². The van der Waals surface area contributed by atoms with Crippen LogP contribution in [0.5, 0.6) is 0 Å². The molecule has 104 valence electrons. The maximum absolute atomic E-state index is 4.53. The van der Waals surface area contributed by atoms with Crippen LogP contribution in [0.1, 0.15) is 45.3 Å². The fourth-order valence-electron chi connectivity index (χ4n) is 1.97. The lowest BCUT2D eigenvalue weighted by Gasteiger charge is -2.09. The van der Waals surface area contributed by atoms with Crippen LogP contribution in [0.25, 0.3) is 0 Å². The molecule has 0 saturated heterocycles. The molecule has 1 atom stereocenters. The van der Waals surface area contributed by atoms with Crippen molar-refractivity contribution in [3.8, 4) is 0 Å². The minimum absolute atomic E-state index is 0.446. The van der Waals surface area contributed by atoms with Gasteiger partial charge >= 0.3 is 0 Å². The molecule has 0 aliphatic carbocycles. The lowest BCUT2D eigenvalue weighted by Crippen LogP contribution is -2.10. The van der Waals surface area contributed by atoms with E-state index in [1.165, 1.54) is 5.69 Å². The molecule has 0 aliphatic rings. The van der Waals surface area contributed by atoms with Gasteiger partial charge in [-0.05, 0) is 25.8 Å². The molecule has 2 rings (SSSR count). The second-order valence-corrected chi connectivity index (χ2v) is 4.84. The van der Waals surface area contributed by atoms with E-state index in [1.54, 1.807) is 0 Å². The van der Waals surface area contributed by atoms with Gasteiger partial charge in [0.25, 0.3) is 0 Å². The highest BCUT2D eigenvalue weighted by molar-refractivity contribution is 5.33. The van der Waals surface area contributed by atoms with Crippen LogP contribution in [0, 0.1) is 0 Å². The monoisotopic (exact) mass is 261 g/mol. The highest BCUT2D eigenvalue weighted by Gasteiger charge is 2.05. The van der Waals surface area contributed by atoms with E-state index in [0.29, 0.717) is 6.04 Å². The van der Waals surface area contributed by atoms with E-state index in [-0.39, 0.29) is 0 Å². The Hall–Kier alpha value is -1.78. The smallest absolute Gasteiger partial charge is 0.148 e. The van der Waals surface area contributed by atoms with Crippen LogP contribution in [-0.2, 0) is 13.1 Å². The third-order valence-corrected chi connectivity index (χ3v) is 3.34. The second kappa shape index (κ2) is 6.41. The largest absolute Gasteiger partial charge is 0.363 e. The summed E-state index contributed by atoms with van der Waals surface area (Å²) in [5.41, 5.74) is 1.19. The number of rotatable bonds is 7. The van der Waals surface area contributed by atoms with Crippen LogP contribution in [0.4, 0.5) is 5.82 Å². The predicted octanol–water partition coefficient (Wildman–Crippen LogP) is 3.07. The van der Waals surface area contributed by atoms with E-state index in [2.05, 4.69) is 36.3 Å². The molecule has 19 heavy (non-hydrogen) atoms. The first-order valence-corrected chi connectivity index (χ1v) is 7.04. The number of aryl methyl sites for hydroxylation is 1. The first kappa shape index (κ1) is 13.6. The summed E-state index contributed by atoms with van der Waals surface area (Å²) in [6, 6.07) is 4.52. The summed E-state index contributed by atoms with van der Waals surface area (Å²) in [5, 5.41) is 12.2. The Morgan fingerprint density at radius 1 is 1.32 bits per heavy atom. The van der Waals surface area contributed by atoms with Crippen molar-refractivity contribution in [3.63, 3.8) is 0 Å². The normalized spacial score (nSPS) is 12.6. The Morgan fingerprint density at radius 3 is 2.89 bits per heavy atom. The highest BCUT2D eigenvalue weighted by Crippen LogP contribution is 2.12. The van der Waals surface area contributed by atoms with E-state index in [4.69, 9.17) is 0 Å². The zero-order valence-electron chi connectivity index (χ0n) is 12.0. The molecule has 2 aromatic heterocycles. The van der Waals surface area contributed by atoms with Crippen molar-refractivity contribution in [1.82, 2.24) is 19.6 Å². The van der Waals surface area contributed by atoms with Gasteiger partial charge in [-0.1, -0.05) is 13.8 Å². The number of anilines is 1. The molecule has 0 bridgehead atoms.